The molecular formula is C17H14BrN3. The van der Waals surface area contributed by atoms with Gasteiger partial charge in [0.1, 0.15) is 11.4 Å². The molecule has 0 aliphatic carbocycles. The van der Waals surface area contributed by atoms with Crippen LogP contribution in [0.25, 0.3) is 11.4 Å². The highest BCUT2D eigenvalue weighted by Gasteiger charge is 2.43. The van der Waals surface area contributed by atoms with Gasteiger partial charge in [0, 0.05) is 29.0 Å². The molecule has 2 N–H and O–H groups in total. The average Bonchev–Trinajstić information content (AvgIpc) is 3.09. The van der Waals surface area contributed by atoms with Crippen LogP contribution in [0.4, 0.5) is 0 Å². The van der Waals surface area contributed by atoms with E-state index in [1.807, 2.05) is 18.5 Å². The Labute approximate surface area is 131 Å². The van der Waals surface area contributed by atoms with Crippen molar-refractivity contribution in [2.75, 3.05) is 6.54 Å². The average molecular weight is 340 g/mol. The first-order valence-electron chi connectivity index (χ1n) is 6.87. The van der Waals surface area contributed by atoms with E-state index < -0.39 is 0 Å². The Kier molecular flexibility index (Phi) is 2.77. The van der Waals surface area contributed by atoms with E-state index >= 15 is 0 Å². The third-order valence-electron chi connectivity index (χ3n) is 4.28. The summed E-state index contributed by atoms with van der Waals surface area (Å²) < 4.78 is 3.26. The smallest absolute Gasteiger partial charge is 0.141 e. The minimum Gasteiger partial charge on any atom is -0.328 e. The first kappa shape index (κ1) is 12.8. The highest BCUT2D eigenvalue weighted by atomic mass is 79.9. The molecule has 3 nitrogen and oxygen atoms in total. The van der Waals surface area contributed by atoms with Gasteiger partial charge in [-0.05, 0) is 23.3 Å². The molecule has 0 fully saturated rings. The van der Waals surface area contributed by atoms with Gasteiger partial charge in [0.25, 0.3) is 0 Å². The molecule has 0 saturated carbocycles. The normalized spacial score (nSPS) is 19.3. The lowest BCUT2D eigenvalue weighted by Gasteiger charge is -2.32. The SMILES string of the molecule is NCC1(c2ccc(Br)cc2)c2ccccc2-c2nccn21. The molecule has 104 valence electrons. The maximum atomic E-state index is 6.27. The topological polar surface area (TPSA) is 43.8 Å². The van der Waals surface area contributed by atoms with E-state index in [1.54, 1.807) is 0 Å². The van der Waals surface area contributed by atoms with Gasteiger partial charge in [0.15, 0.2) is 0 Å². The summed E-state index contributed by atoms with van der Waals surface area (Å²) in [4.78, 5) is 4.52. The van der Waals surface area contributed by atoms with Crippen molar-refractivity contribution in [2.45, 2.75) is 5.54 Å². The monoisotopic (exact) mass is 339 g/mol. The van der Waals surface area contributed by atoms with E-state index in [0.717, 1.165) is 15.9 Å². The van der Waals surface area contributed by atoms with Crippen LogP contribution in [0.15, 0.2) is 65.4 Å². The van der Waals surface area contributed by atoms with Crippen molar-refractivity contribution >= 4 is 15.9 Å². The Morgan fingerprint density at radius 3 is 2.62 bits per heavy atom. The van der Waals surface area contributed by atoms with Crippen molar-refractivity contribution in [3.05, 3.63) is 76.5 Å². The molecule has 1 aliphatic heterocycles. The number of aromatic nitrogens is 2. The number of rotatable bonds is 2. The van der Waals surface area contributed by atoms with Gasteiger partial charge in [-0.25, -0.2) is 4.98 Å². The largest absolute Gasteiger partial charge is 0.328 e. The zero-order chi connectivity index (χ0) is 14.4. The zero-order valence-corrected chi connectivity index (χ0v) is 12.9. The molecule has 21 heavy (non-hydrogen) atoms. The highest BCUT2D eigenvalue weighted by molar-refractivity contribution is 9.10. The van der Waals surface area contributed by atoms with Gasteiger partial charge in [0.05, 0.1) is 0 Å². The summed E-state index contributed by atoms with van der Waals surface area (Å²) in [5.41, 5.74) is 9.46. The van der Waals surface area contributed by atoms with E-state index in [9.17, 15) is 0 Å². The molecule has 4 rings (SSSR count). The number of nitrogens with zero attached hydrogens (tertiary/aromatic N) is 2. The standard InChI is InChI=1S/C17H14BrN3/c18-13-7-5-12(6-8-13)17(11-19)15-4-2-1-3-14(15)16-20-9-10-21(16)17/h1-10H,11,19H2. The van der Waals surface area contributed by atoms with Crippen molar-refractivity contribution in [1.82, 2.24) is 9.55 Å². The Balaban J connectivity index is 2.07. The van der Waals surface area contributed by atoms with Gasteiger partial charge in [-0.3, -0.25) is 0 Å². The predicted molar refractivity (Wildman–Crippen MR) is 87.0 cm³/mol. The fourth-order valence-corrected chi connectivity index (χ4v) is 3.59. The molecule has 1 unspecified atom stereocenters. The molecule has 2 aromatic carbocycles. The van der Waals surface area contributed by atoms with E-state index in [2.05, 4.69) is 67.9 Å². The first-order valence-corrected chi connectivity index (χ1v) is 7.66. The lowest BCUT2D eigenvalue weighted by atomic mass is 9.83. The number of hydrogen-bond donors (Lipinski definition) is 1. The number of halogens is 1. The molecule has 0 bridgehead atoms. The van der Waals surface area contributed by atoms with Crippen molar-refractivity contribution < 1.29 is 0 Å². The predicted octanol–water partition coefficient (Wildman–Crippen LogP) is 3.38. The summed E-state index contributed by atoms with van der Waals surface area (Å²) >= 11 is 3.50. The molecule has 3 aromatic rings. The Morgan fingerprint density at radius 1 is 1.10 bits per heavy atom. The maximum absolute atomic E-state index is 6.27. The van der Waals surface area contributed by atoms with Gasteiger partial charge in [-0.2, -0.15) is 0 Å². The summed E-state index contributed by atoms with van der Waals surface area (Å²) in [6.45, 7) is 0.495. The van der Waals surface area contributed by atoms with Crippen molar-refractivity contribution in [3.63, 3.8) is 0 Å². The van der Waals surface area contributed by atoms with E-state index in [4.69, 9.17) is 5.73 Å². The Bertz CT molecular complexity index is 807. The summed E-state index contributed by atoms with van der Waals surface area (Å²) in [5.74, 6) is 0.985. The lowest BCUT2D eigenvalue weighted by molar-refractivity contribution is 0.465. The minimum atomic E-state index is -0.372. The number of benzene rings is 2. The quantitative estimate of drug-likeness (QED) is 0.777. The highest BCUT2D eigenvalue weighted by Crippen LogP contribution is 2.46. The van der Waals surface area contributed by atoms with Crippen LogP contribution in [0.2, 0.25) is 0 Å². The van der Waals surface area contributed by atoms with Crippen LogP contribution >= 0.6 is 15.9 Å². The zero-order valence-electron chi connectivity index (χ0n) is 11.3. The Hall–Kier alpha value is -1.91. The van der Waals surface area contributed by atoms with Crippen LogP contribution in [0, 0.1) is 0 Å². The summed E-state index contributed by atoms with van der Waals surface area (Å²) in [7, 11) is 0. The van der Waals surface area contributed by atoms with Gasteiger partial charge in [-0.15, -0.1) is 0 Å². The first-order chi connectivity index (χ1) is 10.3. The summed E-state index contributed by atoms with van der Waals surface area (Å²) in [5, 5.41) is 0. The second-order valence-electron chi connectivity index (χ2n) is 5.24. The molecule has 1 atom stereocenters. The van der Waals surface area contributed by atoms with Crippen molar-refractivity contribution in [1.29, 1.82) is 0 Å². The second-order valence-corrected chi connectivity index (χ2v) is 6.15. The van der Waals surface area contributed by atoms with Gasteiger partial charge in [-0.1, -0.05) is 52.3 Å². The van der Waals surface area contributed by atoms with Gasteiger partial charge < -0.3 is 10.3 Å². The number of hydrogen-bond acceptors (Lipinski definition) is 2. The van der Waals surface area contributed by atoms with E-state index in [0.29, 0.717) is 6.54 Å². The van der Waals surface area contributed by atoms with Crippen LogP contribution in [0.1, 0.15) is 11.1 Å². The summed E-state index contributed by atoms with van der Waals surface area (Å²) in [6, 6.07) is 16.8. The number of nitrogens with two attached hydrogens (primary N) is 1. The molecule has 4 heteroatoms. The number of imidazole rings is 1. The molecule has 1 aromatic heterocycles. The minimum absolute atomic E-state index is 0.372. The molecule has 0 amide bonds. The van der Waals surface area contributed by atoms with Crippen molar-refractivity contribution in [3.8, 4) is 11.4 Å². The third kappa shape index (κ3) is 1.60. The van der Waals surface area contributed by atoms with Gasteiger partial charge in [0.2, 0.25) is 0 Å². The molecule has 0 saturated heterocycles. The fourth-order valence-electron chi connectivity index (χ4n) is 3.33. The van der Waals surface area contributed by atoms with Crippen LogP contribution in [-0.2, 0) is 5.54 Å². The van der Waals surface area contributed by atoms with Crippen LogP contribution < -0.4 is 5.73 Å². The second kappa shape index (κ2) is 4.55. The van der Waals surface area contributed by atoms with E-state index in [-0.39, 0.29) is 5.54 Å². The molecule has 2 heterocycles. The fraction of sp³-hybridized carbons (Fsp3) is 0.118. The van der Waals surface area contributed by atoms with Gasteiger partial charge >= 0.3 is 0 Å². The maximum Gasteiger partial charge on any atom is 0.141 e. The Morgan fingerprint density at radius 2 is 1.86 bits per heavy atom. The van der Waals surface area contributed by atoms with E-state index in [1.165, 1.54) is 11.1 Å². The molecule has 0 radical (unpaired) electrons. The number of fused-ring (bicyclic) bond motifs is 3. The molecule has 0 spiro atoms. The van der Waals surface area contributed by atoms with Crippen LogP contribution in [0.3, 0.4) is 0 Å². The van der Waals surface area contributed by atoms with Crippen LogP contribution in [0.5, 0.6) is 0 Å². The summed E-state index contributed by atoms with van der Waals surface area (Å²) in [6.07, 6.45) is 3.86. The molecule has 1 aliphatic rings. The van der Waals surface area contributed by atoms with Crippen LogP contribution in [-0.4, -0.2) is 16.1 Å². The third-order valence-corrected chi connectivity index (χ3v) is 4.81. The lowest BCUT2D eigenvalue weighted by Crippen LogP contribution is -2.40. The van der Waals surface area contributed by atoms with Crippen molar-refractivity contribution in [2.24, 2.45) is 5.73 Å². The molecular weight excluding hydrogens is 326 g/mol.